The van der Waals surface area contributed by atoms with Gasteiger partial charge in [0.25, 0.3) is 0 Å². The number of rotatable bonds is 13. The topological polar surface area (TPSA) is 67.8 Å². The standard InChI is InChI=1S/C42H37NO4/c44-39-29-34(26-27-40(39)46-30-32-16-6-1-7-17-32)28-38(41(45)47-31-33-18-8-2-9-19-33)43-42(35-20-10-3-11-21-35,36-22-12-4-13-23-36)37-24-14-5-15-25-37/h1-27,29,38,43-44H,28,30-31H2/t38-/m0/s1. The van der Waals surface area contributed by atoms with Gasteiger partial charge in [-0.05, 0) is 51.9 Å². The van der Waals surface area contributed by atoms with Gasteiger partial charge in [-0.1, -0.05) is 158 Å². The summed E-state index contributed by atoms with van der Waals surface area (Å²) < 4.78 is 11.9. The van der Waals surface area contributed by atoms with E-state index in [1.54, 1.807) is 12.1 Å². The first-order valence-corrected chi connectivity index (χ1v) is 15.8. The predicted octanol–water partition coefficient (Wildman–Crippen LogP) is 8.21. The fourth-order valence-corrected chi connectivity index (χ4v) is 5.88. The second kappa shape index (κ2) is 15.1. The Morgan fingerprint density at radius 3 is 1.49 bits per heavy atom. The third-order valence-electron chi connectivity index (χ3n) is 8.22. The van der Waals surface area contributed by atoms with Crippen LogP contribution in [0.25, 0.3) is 0 Å². The molecule has 2 N–H and O–H groups in total. The third-order valence-corrected chi connectivity index (χ3v) is 8.22. The summed E-state index contributed by atoms with van der Waals surface area (Å²) in [7, 11) is 0. The number of esters is 1. The Kier molecular flexibility index (Phi) is 10.1. The highest BCUT2D eigenvalue weighted by Gasteiger charge is 2.40. The molecule has 0 heterocycles. The largest absolute Gasteiger partial charge is 0.504 e. The normalized spacial score (nSPS) is 11.8. The lowest BCUT2D eigenvalue weighted by Gasteiger charge is -2.39. The van der Waals surface area contributed by atoms with E-state index in [1.807, 2.05) is 121 Å². The van der Waals surface area contributed by atoms with Crippen molar-refractivity contribution in [3.05, 3.63) is 203 Å². The van der Waals surface area contributed by atoms with Gasteiger partial charge in [-0.2, -0.15) is 0 Å². The number of carbonyl (C=O) groups is 1. The average molecular weight is 620 g/mol. The number of phenols is 1. The maximum absolute atomic E-state index is 14.1. The molecule has 6 aromatic rings. The molecule has 0 saturated carbocycles. The second-order valence-corrected chi connectivity index (χ2v) is 11.4. The van der Waals surface area contributed by atoms with Crippen molar-refractivity contribution in [3.63, 3.8) is 0 Å². The monoisotopic (exact) mass is 619 g/mol. The number of nitrogens with one attached hydrogen (secondary N) is 1. The maximum Gasteiger partial charge on any atom is 0.323 e. The summed E-state index contributed by atoms with van der Waals surface area (Å²) in [4.78, 5) is 14.1. The molecule has 0 aliphatic rings. The Bertz CT molecular complexity index is 1750. The molecular weight excluding hydrogens is 582 g/mol. The number of hydrogen-bond acceptors (Lipinski definition) is 5. The Labute approximate surface area is 276 Å². The van der Waals surface area contributed by atoms with E-state index in [0.717, 1.165) is 33.4 Å². The van der Waals surface area contributed by atoms with Crippen molar-refractivity contribution in [1.82, 2.24) is 5.32 Å². The molecule has 1 atom stereocenters. The molecule has 0 aliphatic heterocycles. The van der Waals surface area contributed by atoms with Gasteiger partial charge in [0.2, 0.25) is 0 Å². The molecule has 6 aromatic carbocycles. The van der Waals surface area contributed by atoms with Gasteiger partial charge < -0.3 is 14.6 Å². The van der Waals surface area contributed by atoms with Crippen molar-refractivity contribution in [2.45, 2.75) is 31.2 Å². The zero-order valence-corrected chi connectivity index (χ0v) is 26.0. The lowest BCUT2D eigenvalue weighted by atomic mass is 9.76. The van der Waals surface area contributed by atoms with E-state index >= 15 is 0 Å². The first-order valence-electron chi connectivity index (χ1n) is 15.8. The minimum Gasteiger partial charge on any atom is -0.504 e. The number of carbonyl (C=O) groups excluding carboxylic acids is 1. The van der Waals surface area contributed by atoms with E-state index in [-0.39, 0.29) is 18.8 Å². The lowest BCUT2D eigenvalue weighted by molar-refractivity contribution is -0.148. The van der Waals surface area contributed by atoms with Crippen LogP contribution in [0, 0.1) is 0 Å². The summed E-state index contributed by atoms with van der Waals surface area (Å²) in [5.41, 5.74) is 4.69. The summed E-state index contributed by atoms with van der Waals surface area (Å²) in [6, 6.07) is 54.4. The molecule has 0 aliphatic carbocycles. The van der Waals surface area contributed by atoms with Crippen LogP contribution in [0.4, 0.5) is 0 Å². The first kappa shape index (κ1) is 31.3. The molecule has 0 spiro atoms. The van der Waals surface area contributed by atoms with Crippen LogP contribution in [0.15, 0.2) is 170 Å². The Hall–Kier alpha value is -5.65. The van der Waals surface area contributed by atoms with Gasteiger partial charge in [-0.25, -0.2) is 0 Å². The van der Waals surface area contributed by atoms with Crippen LogP contribution in [-0.2, 0) is 34.7 Å². The van der Waals surface area contributed by atoms with Gasteiger partial charge in [-0.3, -0.25) is 10.1 Å². The van der Waals surface area contributed by atoms with Crippen LogP contribution in [0.2, 0.25) is 0 Å². The van der Waals surface area contributed by atoms with Gasteiger partial charge in [0.15, 0.2) is 11.5 Å². The quantitative estimate of drug-likeness (QED) is 0.101. The van der Waals surface area contributed by atoms with Crippen LogP contribution in [0.3, 0.4) is 0 Å². The van der Waals surface area contributed by atoms with Crippen LogP contribution in [0.1, 0.15) is 33.4 Å². The fraction of sp³-hybridized carbons (Fsp3) is 0.119. The molecule has 5 nitrogen and oxygen atoms in total. The summed E-state index contributed by atoms with van der Waals surface area (Å²) in [6.07, 6.45) is 0.258. The molecule has 0 saturated heterocycles. The van der Waals surface area contributed by atoms with Gasteiger partial charge in [0.05, 0.1) is 5.54 Å². The number of aromatic hydroxyl groups is 1. The molecule has 6 rings (SSSR count). The maximum atomic E-state index is 14.1. The van der Waals surface area contributed by atoms with Gasteiger partial charge in [-0.15, -0.1) is 0 Å². The van der Waals surface area contributed by atoms with Crippen molar-refractivity contribution < 1.29 is 19.4 Å². The predicted molar refractivity (Wildman–Crippen MR) is 185 cm³/mol. The van der Waals surface area contributed by atoms with Crippen molar-refractivity contribution in [2.24, 2.45) is 0 Å². The average Bonchev–Trinajstić information content (AvgIpc) is 3.14. The summed E-state index contributed by atoms with van der Waals surface area (Å²) in [5.74, 6) is -0.0128. The molecule has 0 amide bonds. The molecule has 0 radical (unpaired) electrons. The van der Waals surface area contributed by atoms with Crippen molar-refractivity contribution in [3.8, 4) is 11.5 Å². The van der Waals surface area contributed by atoms with Crippen molar-refractivity contribution >= 4 is 5.97 Å². The van der Waals surface area contributed by atoms with Crippen LogP contribution in [0.5, 0.6) is 11.5 Å². The van der Waals surface area contributed by atoms with Gasteiger partial charge in [0.1, 0.15) is 19.3 Å². The van der Waals surface area contributed by atoms with Gasteiger partial charge in [0, 0.05) is 0 Å². The summed E-state index contributed by atoms with van der Waals surface area (Å²) >= 11 is 0. The molecular formula is C42H37NO4. The highest BCUT2D eigenvalue weighted by Crippen LogP contribution is 2.38. The fourth-order valence-electron chi connectivity index (χ4n) is 5.88. The van der Waals surface area contributed by atoms with Crippen molar-refractivity contribution in [1.29, 1.82) is 0 Å². The number of hydrogen-bond donors (Lipinski definition) is 2. The van der Waals surface area contributed by atoms with E-state index in [1.165, 1.54) is 0 Å². The highest BCUT2D eigenvalue weighted by molar-refractivity contribution is 5.77. The van der Waals surface area contributed by atoms with E-state index in [4.69, 9.17) is 9.47 Å². The van der Waals surface area contributed by atoms with Crippen LogP contribution in [-0.4, -0.2) is 17.1 Å². The van der Waals surface area contributed by atoms with Crippen LogP contribution < -0.4 is 10.1 Å². The van der Waals surface area contributed by atoms with E-state index in [9.17, 15) is 9.90 Å². The Morgan fingerprint density at radius 2 is 1.02 bits per heavy atom. The van der Waals surface area contributed by atoms with Gasteiger partial charge >= 0.3 is 5.97 Å². The lowest BCUT2D eigenvalue weighted by Crippen LogP contribution is -2.53. The zero-order chi connectivity index (χ0) is 32.3. The zero-order valence-electron chi connectivity index (χ0n) is 26.0. The van der Waals surface area contributed by atoms with Crippen LogP contribution >= 0.6 is 0 Å². The minimum atomic E-state index is -0.902. The SMILES string of the molecule is O=C(OCc1ccccc1)[C@H](Cc1ccc(OCc2ccccc2)c(O)c1)NC(c1ccccc1)(c1ccccc1)c1ccccc1. The first-order chi connectivity index (χ1) is 23.1. The van der Waals surface area contributed by atoms with E-state index < -0.39 is 17.6 Å². The van der Waals surface area contributed by atoms with E-state index in [2.05, 4.69) is 41.7 Å². The summed E-state index contributed by atoms with van der Waals surface area (Å²) in [5, 5.41) is 14.8. The van der Waals surface area contributed by atoms with E-state index in [0.29, 0.717) is 12.4 Å². The molecule has 234 valence electrons. The second-order valence-electron chi connectivity index (χ2n) is 11.4. The smallest absolute Gasteiger partial charge is 0.323 e. The minimum absolute atomic E-state index is 0.00951. The number of phenolic OH excluding ortho intramolecular Hbond substituents is 1. The summed E-state index contributed by atoms with van der Waals surface area (Å²) in [6.45, 7) is 0.474. The molecule has 47 heavy (non-hydrogen) atoms. The molecule has 0 aromatic heterocycles. The molecule has 0 unspecified atom stereocenters. The number of ether oxygens (including phenoxy) is 2. The Morgan fingerprint density at radius 1 is 0.574 bits per heavy atom. The molecule has 0 bridgehead atoms. The highest BCUT2D eigenvalue weighted by atomic mass is 16.5. The Balaban J connectivity index is 1.37. The van der Waals surface area contributed by atoms with Crippen molar-refractivity contribution in [2.75, 3.05) is 0 Å². The number of benzene rings is 6. The molecule has 0 fully saturated rings. The molecule has 5 heteroatoms. The third kappa shape index (κ3) is 7.60.